The molecule has 0 heterocycles. The molecule has 0 aliphatic heterocycles. The van der Waals surface area contributed by atoms with E-state index in [1.165, 1.54) is 6.92 Å². The molecule has 0 aromatic carbocycles. The first-order valence-electron chi connectivity index (χ1n) is 2.25. The van der Waals surface area contributed by atoms with Crippen molar-refractivity contribution in [2.75, 3.05) is 0 Å². The number of hydrogen-bond donors (Lipinski definition) is 0. The largest absolute Gasteiger partial charge is 0.299 e. The predicted molar refractivity (Wildman–Crippen MR) is 31.0 cm³/mol. The minimum absolute atomic E-state index is 0.574. The quantitative estimate of drug-likeness (QED) is 0.325. The van der Waals surface area contributed by atoms with Crippen LogP contribution in [0.3, 0.4) is 0 Å². The maximum atomic E-state index is 11.9. The standard InChI is InChI=1S/C5H6FNO2/c1-3-5(4(2)6)7(8)9/h3H,2H2,1H3/b5-3+. The summed E-state index contributed by atoms with van der Waals surface area (Å²) in [5.41, 5.74) is -0.574. The van der Waals surface area contributed by atoms with Crippen LogP contribution in [0.1, 0.15) is 6.92 Å². The molecular weight excluding hydrogens is 125 g/mol. The average Bonchev–Trinajstić information content (AvgIpc) is 1.64. The third kappa shape index (κ3) is 2.03. The van der Waals surface area contributed by atoms with E-state index < -0.39 is 16.4 Å². The Morgan fingerprint density at radius 2 is 2.33 bits per heavy atom. The van der Waals surface area contributed by atoms with Crippen molar-refractivity contribution in [1.82, 2.24) is 0 Å². The van der Waals surface area contributed by atoms with Crippen LogP contribution in [0.4, 0.5) is 4.39 Å². The zero-order valence-electron chi connectivity index (χ0n) is 4.93. The molecule has 0 aromatic heterocycles. The second-order valence-electron chi connectivity index (χ2n) is 1.34. The highest BCUT2D eigenvalue weighted by Crippen LogP contribution is 2.07. The third-order valence-corrected chi connectivity index (χ3v) is 0.748. The molecule has 0 radical (unpaired) electrons. The Hall–Kier alpha value is -1.19. The third-order valence-electron chi connectivity index (χ3n) is 0.748. The van der Waals surface area contributed by atoms with Crippen molar-refractivity contribution in [2.45, 2.75) is 6.92 Å². The van der Waals surface area contributed by atoms with Crippen molar-refractivity contribution in [3.8, 4) is 0 Å². The number of nitro groups is 1. The molecule has 0 rings (SSSR count). The molecule has 0 aliphatic rings. The molecule has 3 nitrogen and oxygen atoms in total. The van der Waals surface area contributed by atoms with Crippen LogP contribution in [0.15, 0.2) is 24.2 Å². The first-order chi connectivity index (χ1) is 4.09. The first kappa shape index (κ1) is 7.81. The van der Waals surface area contributed by atoms with Crippen molar-refractivity contribution in [1.29, 1.82) is 0 Å². The molecule has 50 valence electrons. The Kier molecular flexibility index (Phi) is 2.57. The van der Waals surface area contributed by atoms with E-state index in [4.69, 9.17) is 0 Å². The summed E-state index contributed by atoms with van der Waals surface area (Å²) in [4.78, 5) is 8.99. The van der Waals surface area contributed by atoms with Crippen LogP contribution in [0, 0.1) is 10.1 Å². The maximum Gasteiger partial charge on any atom is 0.299 e. The first-order valence-corrected chi connectivity index (χ1v) is 2.25. The summed E-state index contributed by atoms with van der Waals surface area (Å²) >= 11 is 0. The fraction of sp³-hybridized carbons (Fsp3) is 0.200. The van der Waals surface area contributed by atoms with Crippen LogP contribution < -0.4 is 0 Å². The lowest BCUT2D eigenvalue weighted by Crippen LogP contribution is -1.97. The molecule has 0 aromatic rings. The minimum atomic E-state index is -1.01. The number of allylic oxidation sites excluding steroid dienone is 2. The van der Waals surface area contributed by atoms with Gasteiger partial charge < -0.3 is 0 Å². The summed E-state index contributed by atoms with van der Waals surface area (Å²) in [6.07, 6.45) is 1.06. The SMILES string of the molecule is C=C(F)/C(=C\C)[N+](=O)[O-]. The molecule has 0 aliphatic carbocycles. The van der Waals surface area contributed by atoms with Gasteiger partial charge in [-0.15, -0.1) is 0 Å². The summed E-state index contributed by atoms with van der Waals surface area (Å²) in [5, 5.41) is 9.81. The Labute approximate surface area is 51.6 Å². The second-order valence-corrected chi connectivity index (χ2v) is 1.34. The van der Waals surface area contributed by atoms with Crippen LogP contribution in [0.2, 0.25) is 0 Å². The van der Waals surface area contributed by atoms with Crippen LogP contribution in [-0.2, 0) is 0 Å². The van der Waals surface area contributed by atoms with Gasteiger partial charge in [0.25, 0.3) is 5.70 Å². The highest BCUT2D eigenvalue weighted by Gasteiger charge is 2.11. The molecular formula is C5H6FNO2. The van der Waals surface area contributed by atoms with Gasteiger partial charge in [-0.2, -0.15) is 0 Å². The lowest BCUT2D eigenvalue weighted by molar-refractivity contribution is -0.422. The van der Waals surface area contributed by atoms with Crippen molar-refractivity contribution < 1.29 is 9.31 Å². The highest BCUT2D eigenvalue weighted by molar-refractivity contribution is 5.13. The van der Waals surface area contributed by atoms with E-state index in [0.29, 0.717) is 0 Å². The summed E-state index contributed by atoms with van der Waals surface area (Å²) in [6.45, 7) is 4.15. The molecule has 0 bridgehead atoms. The van der Waals surface area contributed by atoms with Gasteiger partial charge in [0.15, 0.2) is 5.83 Å². The van der Waals surface area contributed by atoms with E-state index in [-0.39, 0.29) is 0 Å². The summed E-state index contributed by atoms with van der Waals surface area (Å²) in [7, 11) is 0. The molecule has 0 N–H and O–H groups in total. The average molecular weight is 131 g/mol. The van der Waals surface area contributed by atoms with E-state index in [0.717, 1.165) is 6.08 Å². The maximum absolute atomic E-state index is 11.9. The van der Waals surface area contributed by atoms with Gasteiger partial charge in [0.05, 0.1) is 4.92 Å². The monoisotopic (exact) mass is 131 g/mol. The van der Waals surface area contributed by atoms with Crippen molar-refractivity contribution >= 4 is 0 Å². The summed E-state index contributed by atoms with van der Waals surface area (Å²) < 4.78 is 11.9. The van der Waals surface area contributed by atoms with Crippen LogP contribution >= 0.6 is 0 Å². The molecule has 9 heavy (non-hydrogen) atoms. The Morgan fingerprint density at radius 3 is 2.33 bits per heavy atom. The van der Waals surface area contributed by atoms with Gasteiger partial charge in [-0.1, -0.05) is 6.58 Å². The normalized spacial score (nSPS) is 11.1. The van der Waals surface area contributed by atoms with E-state index in [1.54, 1.807) is 0 Å². The van der Waals surface area contributed by atoms with Gasteiger partial charge in [0.2, 0.25) is 0 Å². The zero-order chi connectivity index (χ0) is 7.44. The predicted octanol–water partition coefficient (Wildman–Crippen LogP) is 1.65. The van der Waals surface area contributed by atoms with Crippen LogP contribution in [-0.4, -0.2) is 4.92 Å². The second kappa shape index (κ2) is 2.96. The molecule has 0 saturated carbocycles. The number of rotatable bonds is 2. The lowest BCUT2D eigenvalue weighted by Gasteiger charge is -1.88. The summed E-state index contributed by atoms with van der Waals surface area (Å²) in [6, 6.07) is 0. The molecule has 0 atom stereocenters. The molecule has 0 unspecified atom stereocenters. The Bertz CT molecular complexity index is 158. The van der Waals surface area contributed by atoms with E-state index >= 15 is 0 Å². The molecule has 0 amide bonds. The highest BCUT2D eigenvalue weighted by atomic mass is 19.1. The molecule has 0 spiro atoms. The Morgan fingerprint density at radius 1 is 1.89 bits per heavy atom. The topological polar surface area (TPSA) is 43.1 Å². The fourth-order valence-corrected chi connectivity index (χ4v) is 0.361. The van der Waals surface area contributed by atoms with Crippen LogP contribution in [0.25, 0.3) is 0 Å². The minimum Gasteiger partial charge on any atom is -0.258 e. The van der Waals surface area contributed by atoms with E-state index in [9.17, 15) is 14.5 Å². The van der Waals surface area contributed by atoms with Gasteiger partial charge in [-0.3, -0.25) is 10.1 Å². The zero-order valence-corrected chi connectivity index (χ0v) is 4.93. The van der Waals surface area contributed by atoms with E-state index in [1.807, 2.05) is 0 Å². The van der Waals surface area contributed by atoms with E-state index in [2.05, 4.69) is 6.58 Å². The molecule has 4 heteroatoms. The number of halogens is 1. The molecule has 0 saturated heterocycles. The van der Waals surface area contributed by atoms with Gasteiger partial charge in [0, 0.05) is 0 Å². The van der Waals surface area contributed by atoms with Crippen molar-refractivity contribution in [2.24, 2.45) is 0 Å². The lowest BCUT2D eigenvalue weighted by atomic mass is 10.4. The smallest absolute Gasteiger partial charge is 0.258 e. The molecule has 0 fully saturated rings. The van der Waals surface area contributed by atoms with Gasteiger partial charge >= 0.3 is 0 Å². The van der Waals surface area contributed by atoms with Gasteiger partial charge in [0.1, 0.15) is 0 Å². The number of hydrogen-bond acceptors (Lipinski definition) is 2. The van der Waals surface area contributed by atoms with Crippen LogP contribution in [0.5, 0.6) is 0 Å². The van der Waals surface area contributed by atoms with Gasteiger partial charge in [-0.05, 0) is 13.0 Å². The van der Waals surface area contributed by atoms with Crippen molar-refractivity contribution in [3.05, 3.63) is 34.3 Å². The summed E-state index contributed by atoms with van der Waals surface area (Å²) in [5.74, 6) is -1.01. The fourth-order valence-electron chi connectivity index (χ4n) is 0.361. The number of nitrogens with zero attached hydrogens (tertiary/aromatic N) is 1. The Balaban J connectivity index is 4.38. The van der Waals surface area contributed by atoms with Crippen molar-refractivity contribution in [3.63, 3.8) is 0 Å². The van der Waals surface area contributed by atoms with Gasteiger partial charge in [-0.25, -0.2) is 4.39 Å².